The van der Waals surface area contributed by atoms with E-state index in [4.69, 9.17) is 5.84 Å². The van der Waals surface area contributed by atoms with Gasteiger partial charge in [-0.2, -0.15) is 4.31 Å². The quantitative estimate of drug-likeness (QED) is 0.491. The zero-order chi connectivity index (χ0) is 18.2. The Morgan fingerprint density at radius 3 is 1.79 bits per heavy atom. The summed E-state index contributed by atoms with van der Waals surface area (Å²) in [5.41, 5.74) is 6.97. The van der Waals surface area contributed by atoms with E-state index >= 15 is 0 Å². The van der Waals surface area contributed by atoms with Gasteiger partial charge in [0.05, 0.1) is 4.90 Å². The summed E-state index contributed by atoms with van der Waals surface area (Å²) in [7, 11) is -3.57. The van der Waals surface area contributed by atoms with Gasteiger partial charge in [-0.05, 0) is 75.3 Å². The van der Waals surface area contributed by atoms with E-state index in [9.17, 15) is 13.2 Å². The lowest BCUT2D eigenvalue weighted by Crippen LogP contribution is -2.44. The SMILES string of the molecule is Cc1c(C)c(C)c(S(=O)(=O)N2CCC(C(=O)NN)CC2)c(C)c1C. The number of carbonyl (C=O) groups is 1. The highest BCUT2D eigenvalue weighted by molar-refractivity contribution is 7.89. The number of benzene rings is 1. The van der Waals surface area contributed by atoms with Gasteiger partial charge in [0.2, 0.25) is 15.9 Å². The monoisotopic (exact) mass is 353 g/mol. The second kappa shape index (κ2) is 6.82. The van der Waals surface area contributed by atoms with E-state index in [1.807, 2.05) is 34.6 Å². The van der Waals surface area contributed by atoms with Crippen LogP contribution in [0.1, 0.15) is 40.7 Å². The molecule has 1 aromatic rings. The Labute approximate surface area is 144 Å². The van der Waals surface area contributed by atoms with Crippen LogP contribution in [0.2, 0.25) is 0 Å². The fraction of sp³-hybridized carbons (Fsp3) is 0.588. The Bertz CT molecular complexity index is 735. The lowest BCUT2D eigenvalue weighted by Gasteiger charge is -2.31. The Balaban J connectivity index is 2.38. The summed E-state index contributed by atoms with van der Waals surface area (Å²) in [5.74, 6) is 4.73. The van der Waals surface area contributed by atoms with Gasteiger partial charge in [-0.1, -0.05) is 0 Å². The number of nitrogens with zero attached hydrogens (tertiary/aromatic N) is 1. The maximum absolute atomic E-state index is 13.2. The second-order valence-electron chi connectivity index (χ2n) is 6.64. The molecule has 24 heavy (non-hydrogen) atoms. The molecular weight excluding hydrogens is 326 g/mol. The molecule has 0 spiro atoms. The summed E-state index contributed by atoms with van der Waals surface area (Å²) in [5, 5.41) is 0. The number of hydrazine groups is 1. The molecule has 0 bridgehead atoms. The van der Waals surface area contributed by atoms with E-state index in [-0.39, 0.29) is 11.8 Å². The van der Waals surface area contributed by atoms with Gasteiger partial charge in [0, 0.05) is 19.0 Å². The van der Waals surface area contributed by atoms with Gasteiger partial charge in [0.1, 0.15) is 0 Å². The van der Waals surface area contributed by atoms with E-state index in [0.717, 1.165) is 27.8 Å². The van der Waals surface area contributed by atoms with Crippen molar-refractivity contribution in [1.82, 2.24) is 9.73 Å². The largest absolute Gasteiger partial charge is 0.294 e. The lowest BCUT2D eigenvalue weighted by atomic mass is 9.95. The molecule has 0 aliphatic carbocycles. The van der Waals surface area contributed by atoms with Crippen molar-refractivity contribution in [2.45, 2.75) is 52.4 Å². The normalized spacial score (nSPS) is 17.1. The number of hydrogen-bond donors (Lipinski definition) is 2. The van der Waals surface area contributed by atoms with Crippen molar-refractivity contribution in [3.05, 3.63) is 27.8 Å². The summed E-state index contributed by atoms with van der Waals surface area (Å²) in [6.07, 6.45) is 0.981. The highest BCUT2D eigenvalue weighted by Gasteiger charge is 2.34. The first-order valence-electron chi connectivity index (χ1n) is 8.20. The molecule has 0 aromatic heterocycles. The van der Waals surface area contributed by atoms with Crippen LogP contribution in [0.25, 0.3) is 0 Å². The number of amides is 1. The Morgan fingerprint density at radius 2 is 1.38 bits per heavy atom. The van der Waals surface area contributed by atoms with Crippen LogP contribution in [0.3, 0.4) is 0 Å². The van der Waals surface area contributed by atoms with Gasteiger partial charge < -0.3 is 0 Å². The standard InChI is InChI=1S/C17H27N3O3S/c1-10-11(2)13(4)16(14(5)12(10)3)24(22,23)20-8-6-15(7-9-20)17(21)19-18/h15H,6-9,18H2,1-5H3,(H,19,21). The van der Waals surface area contributed by atoms with Gasteiger partial charge in [0.25, 0.3) is 0 Å². The minimum absolute atomic E-state index is 0.217. The number of nitrogens with two attached hydrogens (primary N) is 1. The molecule has 0 saturated carbocycles. The van der Waals surface area contributed by atoms with Crippen molar-refractivity contribution in [2.75, 3.05) is 13.1 Å². The molecule has 1 fully saturated rings. The fourth-order valence-corrected chi connectivity index (χ4v) is 5.49. The van der Waals surface area contributed by atoms with Gasteiger partial charge >= 0.3 is 0 Å². The zero-order valence-electron chi connectivity index (χ0n) is 15.1. The van der Waals surface area contributed by atoms with Crippen LogP contribution < -0.4 is 11.3 Å². The summed E-state index contributed by atoms with van der Waals surface area (Å²) in [4.78, 5) is 12.0. The van der Waals surface area contributed by atoms with Crippen LogP contribution in [0.4, 0.5) is 0 Å². The fourth-order valence-electron chi connectivity index (χ4n) is 3.46. The average molecular weight is 353 g/mol. The van der Waals surface area contributed by atoms with Crippen LogP contribution in [-0.4, -0.2) is 31.7 Å². The summed E-state index contributed by atoms with van der Waals surface area (Å²) >= 11 is 0. The number of rotatable bonds is 3. The molecule has 1 aliphatic heterocycles. The molecule has 1 saturated heterocycles. The van der Waals surface area contributed by atoms with Crippen molar-refractivity contribution in [3.63, 3.8) is 0 Å². The summed E-state index contributed by atoms with van der Waals surface area (Å²) < 4.78 is 27.9. The smallest absolute Gasteiger partial charge is 0.243 e. The molecule has 3 N–H and O–H groups in total. The predicted octanol–water partition coefficient (Wildman–Crippen LogP) is 1.62. The van der Waals surface area contributed by atoms with Crippen LogP contribution in [0.15, 0.2) is 4.90 Å². The third-order valence-corrected chi connectivity index (χ3v) is 7.67. The molecule has 1 amide bonds. The van der Waals surface area contributed by atoms with Gasteiger partial charge in [-0.25, -0.2) is 14.3 Å². The minimum Gasteiger partial charge on any atom is -0.294 e. The maximum atomic E-state index is 13.2. The van der Waals surface area contributed by atoms with Crippen molar-refractivity contribution in [2.24, 2.45) is 11.8 Å². The lowest BCUT2D eigenvalue weighted by molar-refractivity contribution is -0.126. The maximum Gasteiger partial charge on any atom is 0.243 e. The van der Waals surface area contributed by atoms with E-state index < -0.39 is 10.0 Å². The Hall–Kier alpha value is -1.44. The van der Waals surface area contributed by atoms with Crippen LogP contribution in [-0.2, 0) is 14.8 Å². The molecule has 2 rings (SSSR count). The molecule has 1 heterocycles. The van der Waals surface area contributed by atoms with E-state index in [1.165, 1.54) is 4.31 Å². The highest BCUT2D eigenvalue weighted by atomic mass is 32.2. The van der Waals surface area contributed by atoms with Crippen molar-refractivity contribution < 1.29 is 13.2 Å². The van der Waals surface area contributed by atoms with Gasteiger partial charge in [-0.15, -0.1) is 0 Å². The first-order valence-corrected chi connectivity index (χ1v) is 9.64. The van der Waals surface area contributed by atoms with Crippen molar-refractivity contribution in [1.29, 1.82) is 0 Å². The zero-order valence-corrected chi connectivity index (χ0v) is 15.9. The molecule has 1 aliphatic rings. The number of piperidine rings is 1. The summed E-state index contributed by atoms with van der Waals surface area (Å²) in [6.45, 7) is 10.4. The molecule has 6 nitrogen and oxygen atoms in total. The number of hydrogen-bond acceptors (Lipinski definition) is 4. The van der Waals surface area contributed by atoms with Crippen LogP contribution in [0.5, 0.6) is 0 Å². The number of nitrogens with one attached hydrogen (secondary N) is 1. The topological polar surface area (TPSA) is 92.5 Å². The second-order valence-corrected chi connectivity index (χ2v) is 8.52. The number of sulfonamides is 1. The third kappa shape index (κ3) is 3.08. The van der Waals surface area contributed by atoms with Crippen LogP contribution in [0, 0.1) is 40.5 Å². The third-order valence-electron chi connectivity index (χ3n) is 5.50. The summed E-state index contributed by atoms with van der Waals surface area (Å²) in [6, 6.07) is 0. The molecule has 0 unspecified atom stereocenters. The first kappa shape index (κ1) is 18.9. The molecular formula is C17H27N3O3S. The molecule has 0 radical (unpaired) electrons. The first-order chi connectivity index (χ1) is 11.1. The predicted molar refractivity (Wildman–Crippen MR) is 93.9 cm³/mol. The number of carbonyl (C=O) groups excluding carboxylic acids is 1. The average Bonchev–Trinajstić information content (AvgIpc) is 2.57. The molecule has 1 aromatic carbocycles. The Kier molecular flexibility index (Phi) is 5.37. The minimum atomic E-state index is -3.57. The van der Waals surface area contributed by atoms with Crippen molar-refractivity contribution in [3.8, 4) is 0 Å². The molecule has 134 valence electrons. The van der Waals surface area contributed by atoms with Crippen molar-refractivity contribution >= 4 is 15.9 Å². The molecule has 0 atom stereocenters. The van der Waals surface area contributed by atoms with E-state index in [1.54, 1.807) is 0 Å². The van der Waals surface area contributed by atoms with Gasteiger partial charge in [-0.3, -0.25) is 10.2 Å². The molecule has 7 heteroatoms. The van der Waals surface area contributed by atoms with E-state index in [2.05, 4.69) is 5.43 Å². The Morgan fingerprint density at radius 1 is 0.958 bits per heavy atom. The highest BCUT2D eigenvalue weighted by Crippen LogP contribution is 2.33. The van der Waals surface area contributed by atoms with Gasteiger partial charge in [0.15, 0.2) is 0 Å². The van der Waals surface area contributed by atoms with E-state index in [0.29, 0.717) is 30.8 Å². The van der Waals surface area contributed by atoms with Crippen LogP contribution >= 0.6 is 0 Å².